The Labute approximate surface area is 119 Å². The Morgan fingerprint density at radius 1 is 1.25 bits per heavy atom. The van der Waals surface area contributed by atoms with Crippen LogP contribution >= 0.6 is 0 Å². The van der Waals surface area contributed by atoms with E-state index < -0.39 is 15.4 Å². The summed E-state index contributed by atoms with van der Waals surface area (Å²) in [6.07, 6.45) is 2.24. The zero-order chi connectivity index (χ0) is 14.8. The highest BCUT2D eigenvalue weighted by Crippen LogP contribution is 2.36. The highest BCUT2D eigenvalue weighted by molar-refractivity contribution is 7.88. The average molecular weight is 294 g/mol. The lowest BCUT2D eigenvalue weighted by Gasteiger charge is -2.36. The zero-order valence-corrected chi connectivity index (χ0v) is 12.5. The summed E-state index contributed by atoms with van der Waals surface area (Å²) in [5.74, 6) is 0.746. The minimum absolute atomic E-state index is 0.387. The Hall–Kier alpha value is -1.58. The monoisotopic (exact) mass is 294 g/mol. The van der Waals surface area contributed by atoms with Crippen molar-refractivity contribution in [1.29, 1.82) is 5.26 Å². The Morgan fingerprint density at radius 3 is 2.20 bits per heavy atom. The Balaban J connectivity index is 2.22. The molecule has 0 N–H and O–H groups in total. The number of sulfonamides is 1. The summed E-state index contributed by atoms with van der Waals surface area (Å²) in [5, 5.41) is 9.56. The summed E-state index contributed by atoms with van der Waals surface area (Å²) in [4.78, 5) is 0. The minimum atomic E-state index is -3.17. The van der Waals surface area contributed by atoms with E-state index >= 15 is 0 Å². The van der Waals surface area contributed by atoms with Crippen molar-refractivity contribution in [2.24, 2.45) is 0 Å². The molecule has 5 nitrogen and oxygen atoms in total. The maximum atomic E-state index is 11.5. The molecule has 0 aromatic heterocycles. The normalized spacial score (nSPS) is 19.2. The number of rotatable bonds is 3. The van der Waals surface area contributed by atoms with Gasteiger partial charge in [-0.3, -0.25) is 0 Å². The van der Waals surface area contributed by atoms with Gasteiger partial charge in [-0.15, -0.1) is 0 Å². The highest BCUT2D eigenvalue weighted by Gasteiger charge is 2.38. The molecule has 0 unspecified atom stereocenters. The fraction of sp³-hybridized carbons (Fsp3) is 0.500. The van der Waals surface area contributed by atoms with Crippen molar-refractivity contribution in [1.82, 2.24) is 4.31 Å². The second-order valence-corrected chi connectivity index (χ2v) is 7.07. The van der Waals surface area contributed by atoms with E-state index in [1.165, 1.54) is 10.6 Å². The highest BCUT2D eigenvalue weighted by atomic mass is 32.2. The van der Waals surface area contributed by atoms with Crippen LogP contribution in [0.3, 0.4) is 0 Å². The van der Waals surface area contributed by atoms with Crippen LogP contribution in [0.1, 0.15) is 18.4 Å². The molecule has 0 radical (unpaired) electrons. The molecule has 6 heteroatoms. The van der Waals surface area contributed by atoms with Gasteiger partial charge in [0, 0.05) is 13.1 Å². The van der Waals surface area contributed by atoms with Crippen molar-refractivity contribution in [2.75, 3.05) is 26.5 Å². The number of nitrogens with zero attached hydrogens (tertiary/aromatic N) is 2. The molecule has 1 aliphatic heterocycles. The molecule has 0 atom stereocenters. The van der Waals surface area contributed by atoms with Crippen LogP contribution in [0.2, 0.25) is 0 Å². The van der Waals surface area contributed by atoms with Crippen molar-refractivity contribution >= 4 is 10.0 Å². The van der Waals surface area contributed by atoms with Crippen LogP contribution in [0, 0.1) is 11.3 Å². The molecular formula is C14H18N2O3S. The molecule has 2 rings (SSSR count). The maximum absolute atomic E-state index is 11.5. The molecule has 1 fully saturated rings. The fourth-order valence-electron chi connectivity index (χ4n) is 2.57. The van der Waals surface area contributed by atoms with Crippen molar-refractivity contribution in [3.63, 3.8) is 0 Å². The van der Waals surface area contributed by atoms with E-state index in [9.17, 15) is 13.7 Å². The van der Waals surface area contributed by atoms with Crippen molar-refractivity contribution in [3.05, 3.63) is 29.8 Å². The molecule has 1 aromatic rings. The second kappa shape index (κ2) is 5.43. The van der Waals surface area contributed by atoms with Gasteiger partial charge in [0.15, 0.2) is 0 Å². The minimum Gasteiger partial charge on any atom is -0.497 e. The van der Waals surface area contributed by atoms with Crippen LogP contribution in [-0.2, 0) is 15.4 Å². The first-order chi connectivity index (χ1) is 9.41. The summed E-state index contributed by atoms with van der Waals surface area (Å²) in [6.45, 7) is 0.775. The van der Waals surface area contributed by atoms with Gasteiger partial charge in [0.1, 0.15) is 5.75 Å². The van der Waals surface area contributed by atoms with E-state index in [2.05, 4.69) is 6.07 Å². The number of piperidine rings is 1. The first-order valence-electron chi connectivity index (χ1n) is 6.42. The molecule has 0 amide bonds. The third-order valence-electron chi connectivity index (χ3n) is 3.90. The molecule has 0 spiro atoms. The first kappa shape index (κ1) is 14.8. The topological polar surface area (TPSA) is 70.4 Å². The van der Waals surface area contributed by atoms with Crippen molar-refractivity contribution in [2.45, 2.75) is 18.3 Å². The molecule has 0 saturated carbocycles. The third-order valence-corrected chi connectivity index (χ3v) is 5.20. The first-order valence-corrected chi connectivity index (χ1v) is 8.27. The van der Waals surface area contributed by atoms with Gasteiger partial charge in [0.25, 0.3) is 0 Å². The van der Waals surface area contributed by atoms with Crippen molar-refractivity contribution < 1.29 is 13.2 Å². The van der Waals surface area contributed by atoms with Crippen LogP contribution in [0.5, 0.6) is 5.75 Å². The largest absolute Gasteiger partial charge is 0.497 e. The lowest BCUT2D eigenvalue weighted by molar-refractivity contribution is 0.278. The standard InChI is InChI=1S/C14H18N2O3S/c1-19-13-5-3-12(4-6-13)14(11-15)7-9-16(10-8-14)20(2,17)18/h3-6H,7-10H2,1-2H3. The van der Waals surface area contributed by atoms with Gasteiger partial charge in [0.05, 0.1) is 24.8 Å². The molecular weight excluding hydrogens is 276 g/mol. The molecule has 1 aliphatic rings. The van der Waals surface area contributed by atoms with Gasteiger partial charge in [-0.2, -0.15) is 5.26 Å². The van der Waals surface area contributed by atoms with E-state index in [4.69, 9.17) is 4.74 Å². The van der Waals surface area contributed by atoms with Gasteiger partial charge in [-0.05, 0) is 30.5 Å². The zero-order valence-electron chi connectivity index (χ0n) is 11.7. The third kappa shape index (κ3) is 2.79. The van der Waals surface area contributed by atoms with Crippen LogP contribution < -0.4 is 4.74 Å². The summed E-state index contributed by atoms with van der Waals surface area (Å²) >= 11 is 0. The van der Waals surface area contributed by atoms with Crippen LogP contribution in [0.15, 0.2) is 24.3 Å². The van der Waals surface area contributed by atoms with Gasteiger partial charge >= 0.3 is 0 Å². The lowest BCUT2D eigenvalue weighted by atomic mass is 9.74. The lowest BCUT2D eigenvalue weighted by Crippen LogP contribution is -2.44. The molecule has 0 bridgehead atoms. The predicted octanol–water partition coefficient (Wildman–Crippen LogP) is 1.51. The van der Waals surface area contributed by atoms with Crippen LogP contribution in [-0.4, -0.2) is 39.2 Å². The Morgan fingerprint density at radius 2 is 1.80 bits per heavy atom. The van der Waals surface area contributed by atoms with Crippen LogP contribution in [0.4, 0.5) is 0 Å². The number of ether oxygens (including phenoxy) is 1. The van der Waals surface area contributed by atoms with Gasteiger partial charge < -0.3 is 4.74 Å². The van der Waals surface area contributed by atoms with Crippen LogP contribution in [0.25, 0.3) is 0 Å². The fourth-order valence-corrected chi connectivity index (χ4v) is 3.42. The van der Waals surface area contributed by atoms with E-state index in [0.29, 0.717) is 25.9 Å². The summed E-state index contributed by atoms with van der Waals surface area (Å²) in [7, 11) is -1.58. The second-order valence-electron chi connectivity index (χ2n) is 5.08. The molecule has 1 aromatic carbocycles. The summed E-state index contributed by atoms with van der Waals surface area (Å²) in [6, 6.07) is 9.82. The van der Waals surface area contributed by atoms with Crippen molar-refractivity contribution in [3.8, 4) is 11.8 Å². The van der Waals surface area contributed by atoms with Gasteiger partial charge in [-0.25, -0.2) is 12.7 Å². The number of nitriles is 1. The van der Waals surface area contributed by atoms with Gasteiger partial charge in [-0.1, -0.05) is 12.1 Å². The molecule has 1 heterocycles. The molecule has 108 valence electrons. The summed E-state index contributed by atoms with van der Waals surface area (Å²) < 4.78 is 29.6. The quantitative estimate of drug-likeness (QED) is 0.847. The molecule has 0 aliphatic carbocycles. The SMILES string of the molecule is COc1ccc(C2(C#N)CCN(S(C)(=O)=O)CC2)cc1. The van der Waals surface area contributed by atoms with E-state index in [1.54, 1.807) is 7.11 Å². The average Bonchev–Trinajstić information content (AvgIpc) is 2.46. The number of methoxy groups -OCH3 is 1. The maximum Gasteiger partial charge on any atom is 0.211 e. The Bertz CT molecular complexity index is 609. The Kier molecular flexibility index (Phi) is 4.02. The molecule has 1 saturated heterocycles. The van der Waals surface area contributed by atoms with Gasteiger partial charge in [0.2, 0.25) is 10.0 Å². The van der Waals surface area contributed by atoms with E-state index in [1.807, 2.05) is 24.3 Å². The number of hydrogen-bond acceptors (Lipinski definition) is 4. The smallest absolute Gasteiger partial charge is 0.211 e. The van der Waals surface area contributed by atoms with E-state index in [-0.39, 0.29) is 0 Å². The summed E-state index contributed by atoms with van der Waals surface area (Å²) in [5.41, 5.74) is 0.321. The predicted molar refractivity (Wildman–Crippen MR) is 75.9 cm³/mol. The molecule has 20 heavy (non-hydrogen) atoms. The number of benzene rings is 1. The van der Waals surface area contributed by atoms with E-state index in [0.717, 1.165) is 11.3 Å². The number of hydrogen-bond donors (Lipinski definition) is 0.